The Kier molecular flexibility index (Phi) is 3.98. The van der Waals surface area contributed by atoms with E-state index in [4.69, 9.17) is 9.47 Å². The number of ether oxygens (including phenoxy) is 2. The van der Waals surface area contributed by atoms with Crippen molar-refractivity contribution in [3.63, 3.8) is 0 Å². The minimum Gasteiger partial charge on any atom is -0.493 e. The fraction of sp³-hybridized carbons (Fsp3) is 0.318. The molecule has 0 bridgehead atoms. The summed E-state index contributed by atoms with van der Waals surface area (Å²) >= 11 is 0. The van der Waals surface area contributed by atoms with Crippen molar-refractivity contribution in [3.8, 4) is 11.5 Å². The number of aromatic nitrogens is 1. The second kappa shape index (κ2) is 6.20. The fourth-order valence-corrected chi connectivity index (χ4v) is 4.04. The molecule has 0 saturated carbocycles. The highest BCUT2D eigenvalue weighted by Crippen LogP contribution is 2.38. The first-order valence-corrected chi connectivity index (χ1v) is 8.86. The zero-order valence-electron chi connectivity index (χ0n) is 15.6. The van der Waals surface area contributed by atoms with Gasteiger partial charge in [-0.15, -0.1) is 0 Å². The minimum atomic E-state index is -0.0362. The molecule has 4 rings (SSSR count). The number of fused-ring (bicyclic) bond motifs is 2. The number of rotatable bonds is 4. The summed E-state index contributed by atoms with van der Waals surface area (Å²) in [5, 5.41) is 1.23. The van der Waals surface area contributed by atoms with Crippen LogP contribution in [0.4, 0.5) is 0 Å². The summed E-state index contributed by atoms with van der Waals surface area (Å²) in [7, 11) is 5.29. The molecule has 1 aliphatic rings. The van der Waals surface area contributed by atoms with Gasteiger partial charge in [-0.25, -0.2) is 0 Å². The average molecular weight is 349 g/mol. The van der Waals surface area contributed by atoms with Gasteiger partial charge in [0, 0.05) is 35.1 Å². The number of aryl methyl sites for hydroxylation is 2. The van der Waals surface area contributed by atoms with Crippen LogP contribution in [0.1, 0.15) is 27.2 Å². The van der Waals surface area contributed by atoms with E-state index in [0.717, 1.165) is 24.0 Å². The van der Waals surface area contributed by atoms with E-state index < -0.39 is 0 Å². The van der Waals surface area contributed by atoms with Crippen molar-refractivity contribution in [2.75, 3.05) is 14.2 Å². The summed E-state index contributed by atoms with van der Waals surface area (Å²) in [5.41, 5.74) is 5.46. The molecule has 0 saturated heterocycles. The Morgan fingerprint density at radius 2 is 1.81 bits per heavy atom. The van der Waals surface area contributed by atoms with Gasteiger partial charge in [0.2, 0.25) is 0 Å². The maximum Gasteiger partial charge on any atom is 0.167 e. The average Bonchev–Trinajstić information content (AvgIpc) is 3.10. The Morgan fingerprint density at radius 3 is 2.54 bits per heavy atom. The molecule has 0 N–H and O–H groups in total. The van der Waals surface area contributed by atoms with Crippen molar-refractivity contribution in [3.05, 3.63) is 58.8 Å². The van der Waals surface area contributed by atoms with Crippen molar-refractivity contribution in [2.45, 2.75) is 19.8 Å². The maximum atomic E-state index is 12.9. The van der Waals surface area contributed by atoms with Crippen LogP contribution in [0.15, 0.2) is 36.4 Å². The number of carbonyl (C=O) groups excluding carboxylic acids is 1. The van der Waals surface area contributed by atoms with Crippen LogP contribution < -0.4 is 9.47 Å². The number of nitrogens with zero attached hydrogens (tertiary/aromatic N) is 1. The summed E-state index contributed by atoms with van der Waals surface area (Å²) < 4.78 is 12.9. The summed E-state index contributed by atoms with van der Waals surface area (Å²) in [6, 6.07) is 12.4. The molecule has 4 heteroatoms. The molecule has 2 aromatic carbocycles. The molecule has 3 aromatic rings. The lowest BCUT2D eigenvalue weighted by molar-refractivity contribution is 0.0935. The molecule has 1 heterocycles. The van der Waals surface area contributed by atoms with E-state index in [1.165, 1.54) is 22.2 Å². The lowest BCUT2D eigenvalue weighted by Gasteiger charge is -2.09. The molecule has 1 unspecified atom stereocenters. The number of hydrogen-bond acceptors (Lipinski definition) is 3. The number of Topliss-reactive ketones (excluding diaryl/α,β-unsaturated/α-hetero) is 1. The van der Waals surface area contributed by atoms with Crippen molar-refractivity contribution >= 4 is 16.7 Å². The van der Waals surface area contributed by atoms with Gasteiger partial charge < -0.3 is 14.0 Å². The first-order valence-electron chi connectivity index (χ1n) is 8.86. The highest BCUT2D eigenvalue weighted by Gasteiger charge is 2.32. The van der Waals surface area contributed by atoms with Crippen LogP contribution in [-0.4, -0.2) is 24.6 Å². The van der Waals surface area contributed by atoms with Crippen molar-refractivity contribution in [1.82, 2.24) is 4.57 Å². The van der Waals surface area contributed by atoms with Crippen LogP contribution in [0.2, 0.25) is 0 Å². The predicted octanol–water partition coefficient (Wildman–Crippen LogP) is 4.10. The van der Waals surface area contributed by atoms with E-state index in [0.29, 0.717) is 11.5 Å². The predicted molar refractivity (Wildman–Crippen MR) is 102 cm³/mol. The lowest BCUT2D eigenvalue weighted by atomic mass is 9.99. The third-order valence-corrected chi connectivity index (χ3v) is 5.46. The first-order chi connectivity index (χ1) is 12.5. The van der Waals surface area contributed by atoms with E-state index in [-0.39, 0.29) is 11.7 Å². The molecule has 0 fully saturated rings. The van der Waals surface area contributed by atoms with Crippen LogP contribution in [0.25, 0.3) is 10.9 Å². The SMILES string of the molecule is COc1cc2c(cc1OC)C(=O)C(Cc1cc3cc(C)ccc3n1C)C2. The van der Waals surface area contributed by atoms with Gasteiger partial charge in [-0.1, -0.05) is 11.6 Å². The van der Waals surface area contributed by atoms with Gasteiger partial charge in [-0.3, -0.25) is 4.79 Å². The maximum absolute atomic E-state index is 12.9. The molecule has 4 nitrogen and oxygen atoms in total. The molecule has 0 aliphatic heterocycles. The van der Waals surface area contributed by atoms with Crippen molar-refractivity contribution < 1.29 is 14.3 Å². The first kappa shape index (κ1) is 16.7. The molecular weight excluding hydrogens is 326 g/mol. The van der Waals surface area contributed by atoms with Crippen LogP contribution in [-0.2, 0) is 19.9 Å². The number of carbonyl (C=O) groups is 1. The van der Waals surface area contributed by atoms with Crippen LogP contribution in [0.3, 0.4) is 0 Å². The Morgan fingerprint density at radius 1 is 1.08 bits per heavy atom. The van der Waals surface area contributed by atoms with Gasteiger partial charge in [0.05, 0.1) is 14.2 Å². The standard InChI is InChI=1S/C22H23NO3/c1-13-5-6-19-15(7-13)9-17(23(19)2)10-16-8-14-11-20(25-3)21(26-4)12-18(14)22(16)24/h5-7,9,11-12,16H,8,10H2,1-4H3. The minimum absolute atomic E-state index is 0.0362. The number of ketones is 1. The van der Waals surface area contributed by atoms with Crippen molar-refractivity contribution in [1.29, 1.82) is 0 Å². The fourth-order valence-electron chi connectivity index (χ4n) is 4.04. The van der Waals surface area contributed by atoms with Gasteiger partial charge in [0.15, 0.2) is 17.3 Å². The highest BCUT2D eigenvalue weighted by atomic mass is 16.5. The summed E-state index contributed by atoms with van der Waals surface area (Å²) in [4.78, 5) is 12.9. The van der Waals surface area contributed by atoms with Gasteiger partial charge in [0.25, 0.3) is 0 Å². The normalized spacial score (nSPS) is 16.2. The molecule has 134 valence electrons. The quantitative estimate of drug-likeness (QED) is 0.712. The molecule has 0 amide bonds. The number of benzene rings is 2. The molecular formula is C22H23NO3. The van der Waals surface area contributed by atoms with E-state index in [1.807, 2.05) is 12.1 Å². The van der Waals surface area contributed by atoms with Crippen LogP contribution in [0, 0.1) is 12.8 Å². The van der Waals surface area contributed by atoms with E-state index in [1.54, 1.807) is 14.2 Å². The van der Waals surface area contributed by atoms with E-state index in [2.05, 4.69) is 42.8 Å². The zero-order valence-corrected chi connectivity index (χ0v) is 15.6. The monoisotopic (exact) mass is 349 g/mol. The molecule has 1 aromatic heterocycles. The van der Waals surface area contributed by atoms with Gasteiger partial charge >= 0.3 is 0 Å². The van der Waals surface area contributed by atoms with Crippen molar-refractivity contribution in [2.24, 2.45) is 13.0 Å². The summed E-state index contributed by atoms with van der Waals surface area (Å²) in [6.07, 6.45) is 1.48. The topological polar surface area (TPSA) is 40.5 Å². The van der Waals surface area contributed by atoms with E-state index in [9.17, 15) is 4.79 Å². The second-order valence-electron chi connectivity index (χ2n) is 7.09. The summed E-state index contributed by atoms with van der Waals surface area (Å²) in [5.74, 6) is 1.45. The Labute approximate surface area is 153 Å². The molecule has 1 atom stereocenters. The molecule has 26 heavy (non-hydrogen) atoms. The Balaban J connectivity index is 1.66. The number of hydrogen-bond donors (Lipinski definition) is 0. The highest BCUT2D eigenvalue weighted by molar-refractivity contribution is 6.03. The van der Waals surface area contributed by atoms with Gasteiger partial charge in [0.1, 0.15) is 0 Å². The van der Waals surface area contributed by atoms with E-state index >= 15 is 0 Å². The summed E-state index contributed by atoms with van der Waals surface area (Å²) in [6.45, 7) is 2.10. The molecule has 0 spiro atoms. The molecule has 1 aliphatic carbocycles. The van der Waals surface area contributed by atoms with Gasteiger partial charge in [-0.05, 0) is 55.7 Å². The third kappa shape index (κ3) is 2.57. The lowest BCUT2D eigenvalue weighted by Crippen LogP contribution is -2.14. The third-order valence-electron chi connectivity index (χ3n) is 5.46. The number of methoxy groups -OCH3 is 2. The Hall–Kier alpha value is -2.75. The largest absolute Gasteiger partial charge is 0.493 e. The van der Waals surface area contributed by atoms with Crippen LogP contribution >= 0.6 is 0 Å². The van der Waals surface area contributed by atoms with Gasteiger partial charge in [-0.2, -0.15) is 0 Å². The zero-order chi connectivity index (χ0) is 18.4. The second-order valence-corrected chi connectivity index (χ2v) is 7.09. The van der Waals surface area contributed by atoms with Crippen LogP contribution in [0.5, 0.6) is 11.5 Å². The molecule has 0 radical (unpaired) electrons. The Bertz CT molecular complexity index is 1020. The smallest absolute Gasteiger partial charge is 0.167 e.